The van der Waals surface area contributed by atoms with Gasteiger partial charge in [-0.1, -0.05) is 12.1 Å². The van der Waals surface area contributed by atoms with Crippen LogP contribution >= 0.6 is 0 Å². The molecular weight excluding hydrogens is 396 g/mol. The SMILES string of the molecule is C[C@@H]1CN(C(=O)c2ccc(-c3cnc(N)c(O)c3)cc2)C[C@H](C)N1C(=O)OC(C)(C)C. The zero-order valence-corrected chi connectivity index (χ0v) is 18.6. The number of nitrogen functional groups attached to an aromatic ring is 1. The van der Waals surface area contributed by atoms with E-state index in [1.165, 1.54) is 0 Å². The van der Waals surface area contributed by atoms with Gasteiger partial charge in [0.15, 0.2) is 11.6 Å². The van der Waals surface area contributed by atoms with Crippen LogP contribution in [0.15, 0.2) is 36.5 Å². The average Bonchev–Trinajstić information content (AvgIpc) is 2.67. The van der Waals surface area contributed by atoms with E-state index in [2.05, 4.69) is 4.98 Å². The van der Waals surface area contributed by atoms with Crippen molar-refractivity contribution in [1.29, 1.82) is 0 Å². The van der Waals surface area contributed by atoms with Crippen molar-refractivity contribution < 1.29 is 19.4 Å². The van der Waals surface area contributed by atoms with Gasteiger partial charge in [-0.3, -0.25) is 9.69 Å². The minimum atomic E-state index is -0.567. The van der Waals surface area contributed by atoms with Gasteiger partial charge in [0.05, 0.1) is 12.1 Å². The molecule has 1 fully saturated rings. The maximum atomic E-state index is 13.1. The maximum absolute atomic E-state index is 13.1. The van der Waals surface area contributed by atoms with E-state index >= 15 is 0 Å². The summed E-state index contributed by atoms with van der Waals surface area (Å²) in [4.78, 5) is 33.1. The van der Waals surface area contributed by atoms with Crippen LogP contribution in [0.2, 0.25) is 0 Å². The lowest BCUT2D eigenvalue weighted by molar-refractivity contribution is -0.0129. The van der Waals surface area contributed by atoms with Crippen LogP contribution in [0.3, 0.4) is 0 Å². The number of amides is 2. The third-order valence-corrected chi connectivity index (χ3v) is 5.17. The van der Waals surface area contributed by atoms with Crippen LogP contribution < -0.4 is 5.73 Å². The first-order valence-corrected chi connectivity index (χ1v) is 10.3. The third kappa shape index (κ3) is 5.07. The molecule has 1 aromatic carbocycles. The fourth-order valence-corrected chi connectivity index (χ4v) is 3.77. The molecule has 31 heavy (non-hydrogen) atoms. The molecule has 1 aliphatic heterocycles. The van der Waals surface area contributed by atoms with Crippen molar-refractivity contribution in [3.63, 3.8) is 0 Å². The molecule has 0 saturated carbocycles. The quantitative estimate of drug-likeness (QED) is 0.761. The van der Waals surface area contributed by atoms with E-state index in [9.17, 15) is 14.7 Å². The van der Waals surface area contributed by atoms with Crippen molar-refractivity contribution in [1.82, 2.24) is 14.8 Å². The van der Waals surface area contributed by atoms with Crippen LogP contribution in [-0.4, -0.2) is 62.7 Å². The van der Waals surface area contributed by atoms with Crippen LogP contribution in [0.25, 0.3) is 11.1 Å². The predicted molar refractivity (Wildman–Crippen MR) is 119 cm³/mol. The predicted octanol–water partition coefficient (Wildman–Crippen LogP) is 3.51. The Labute approximate surface area is 182 Å². The van der Waals surface area contributed by atoms with Crippen molar-refractivity contribution in [2.24, 2.45) is 0 Å². The number of carbonyl (C=O) groups is 2. The summed E-state index contributed by atoms with van der Waals surface area (Å²) in [7, 11) is 0. The number of ether oxygens (including phenoxy) is 1. The molecule has 0 spiro atoms. The van der Waals surface area contributed by atoms with Crippen molar-refractivity contribution in [3.05, 3.63) is 42.1 Å². The minimum Gasteiger partial charge on any atom is -0.504 e. The van der Waals surface area contributed by atoms with Crippen molar-refractivity contribution in [3.8, 4) is 16.9 Å². The van der Waals surface area contributed by atoms with E-state index < -0.39 is 5.60 Å². The van der Waals surface area contributed by atoms with E-state index in [1.54, 1.807) is 34.2 Å². The van der Waals surface area contributed by atoms with Gasteiger partial charge in [-0.15, -0.1) is 0 Å². The molecular formula is C23H30N4O4. The van der Waals surface area contributed by atoms with Crippen molar-refractivity contribution in [2.75, 3.05) is 18.8 Å². The lowest BCUT2D eigenvalue weighted by Gasteiger charge is -2.44. The van der Waals surface area contributed by atoms with Gasteiger partial charge in [0.1, 0.15) is 5.60 Å². The summed E-state index contributed by atoms with van der Waals surface area (Å²) >= 11 is 0. The van der Waals surface area contributed by atoms with Crippen molar-refractivity contribution in [2.45, 2.75) is 52.3 Å². The summed E-state index contributed by atoms with van der Waals surface area (Å²) in [5, 5.41) is 9.76. The standard InChI is InChI=1S/C23H30N4O4/c1-14-12-26(13-15(2)27(14)22(30)31-23(3,4)5)21(29)17-8-6-16(7-9-17)18-10-19(28)20(24)25-11-18/h6-11,14-15,28H,12-13H2,1-5H3,(H2,24,25)/t14-,15+. The number of nitrogens with zero attached hydrogens (tertiary/aromatic N) is 3. The number of rotatable bonds is 2. The number of nitrogens with two attached hydrogens (primary N) is 1. The molecule has 2 heterocycles. The summed E-state index contributed by atoms with van der Waals surface area (Å²) in [5.41, 5.74) is 7.06. The molecule has 1 aromatic heterocycles. The molecule has 166 valence electrons. The Balaban J connectivity index is 1.71. The fraction of sp³-hybridized carbons (Fsp3) is 0.435. The Morgan fingerprint density at radius 3 is 2.19 bits per heavy atom. The van der Waals surface area contributed by atoms with Crippen molar-refractivity contribution >= 4 is 17.8 Å². The topological polar surface area (TPSA) is 109 Å². The van der Waals surface area contributed by atoms with Gasteiger partial charge in [0.2, 0.25) is 0 Å². The molecule has 2 aromatic rings. The monoisotopic (exact) mass is 426 g/mol. The molecule has 8 nitrogen and oxygen atoms in total. The first-order chi connectivity index (χ1) is 14.5. The largest absolute Gasteiger partial charge is 0.504 e. The first-order valence-electron chi connectivity index (χ1n) is 10.3. The van der Waals surface area contributed by atoms with Gasteiger partial charge in [-0.05, 0) is 58.4 Å². The van der Waals surface area contributed by atoms with Gasteiger partial charge >= 0.3 is 6.09 Å². The molecule has 8 heteroatoms. The highest BCUT2D eigenvalue weighted by Crippen LogP contribution is 2.27. The minimum absolute atomic E-state index is 0.0734. The molecule has 3 N–H and O–H groups in total. The number of hydrogen-bond donors (Lipinski definition) is 2. The number of pyridine rings is 1. The number of carbonyl (C=O) groups excluding carboxylic acids is 2. The third-order valence-electron chi connectivity index (χ3n) is 5.17. The van der Waals surface area contributed by atoms with Gasteiger partial charge in [0.25, 0.3) is 5.91 Å². The number of aromatic hydroxyl groups is 1. The van der Waals surface area contributed by atoms with E-state index in [0.29, 0.717) is 24.2 Å². The Kier molecular flexibility index (Phi) is 6.10. The highest BCUT2D eigenvalue weighted by molar-refractivity contribution is 5.95. The van der Waals surface area contributed by atoms with E-state index in [1.807, 2.05) is 46.8 Å². The summed E-state index contributed by atoms with van der Waals surface area (Å²) < 4.78 is 5.52. The van der Waals surface area contributed by atoms with Crippen LogP contribution in [0, 0.1) is 0 Å². The van der Waals surface area contributed by atoms with Gasteiger partial charge in [-0.2, -0.15) is 0 Å². The summed E-state index contributed by atoms with van der Waals surface area (Å²) in [6, 6.07) is 8.34. The zero-order chi connectivity index (χ0) is 22.9. The number of benzene rings is 1. The summed E-state index contributed by atoms with van der Waals surface area (Å²) in [6.45, 7) is 10.2. The highest BCUT2D eigenvalue weighted by Gasteiger charge is 2.37. The average molecular weight is 427 g/mol. The Morgan fingerprint density at radius 2 is 1.68 bits per heavy atom. The number of aromatic nitrogens is 1. The van der Waals surface area contributed by atoms with Crippen LogP contribution in [-0.2, 0) is 4.74 Å². The highest BCUT2D eigenvalue weighted by atomic mass is 16.6. The number of piperazine rings is 1. The maximum Gasteiger partial charge on any atom is 0.410 e. The molecule has 0 unspecified atom stereocenters. The molecule has 0 aliphatic carbocycles. The van der Waals surface area contributed by atoms with Gasteiger partial charge < -0.3 is 20.5 Å². The molecule has 0 bridgehead atoms. The molecule has 2 amide bonds. The Bertz CT molecular complexity index is 957. The lowest BCUT2D eigenvalue weighted by Crippen LogP contribution is -2.60. The normalized spacial score (nSPS) is 19.3. The zero-order valence-electron chi connectivity index (χ0n) is 18.6. The molecule has 1 saturated heterocycles. The van der Waals surface area contributed by atoms with Gasteiger partial charge in [0, 0.05) is 30.4 Å². The lowest BCUT2D eigenvalue weighted by atomic mass is 10.0. The molecule has 0 radical (unpaired) electrons. The Hall–Kier alpha value is -3.29. The fourth-order valence-electron chi connectivity index (χ4n) is 3.77. The van der Waals surface area contributed by atoms with E-state index in [0.717, 1.165) is 5.56 Å². The second-order valence-corrected chi connectivity index (χ2v) is 9.00. The second kappa shape index (κ2) is 8.45. The van der Waals surface area contributed by atoms with Crippen LogP contribution in [0.4, 0.5) is 10.6 Å². The number of hydrogen-bond acceptors (Lipinski definition) is 6. The molecule has 2 atom stereocenters. The summed E-state index contributed by atoms with van der Waals surface area (Å²) in [6.07, 6.45) is 1.22. The second-order valence-electron chi connectivity index (χ2n) is 9.00. The van der Waals surface area contributed by atoms with E-state index in [4.69, 9.17) is 10.5 Å². The van der Waals surface area contributed by atoms with E-state index in [-0.39, 0.29) is 35.7 Å². The van der Waals surface area contributed by atoms with Gasteiger partial charge in [-0.25, -0.2) is 9.78 Å². The molecule has 3 rings (SSSR count). The summed E-state index contributed by atoms with van der Waals surface area (Å²) in [5.74, 6) is -0.0971. The van der Waals surface area contributed by atoms with Crippen LogP contribution in [0.1, 0.15) is 45.0 Å². The van der Waals surface area contributed by atoms with Crippen LogP contribution in [0.5, 0.6) is 5.75 Å². The smallest absolute Gasteiger partial charge is 0.410 e. The Morgan fingerprint density at radius 1 is 1.10 bits per heavy atom. The molecule has 1 aliphatic rings. The first kappa shape index (κ1) is 22.4. The number of anilines is 1.